The number of ether oxygens (including phenoxy) is 1. The molecule has 3 aliphatic rings. The van der Waals surface area contributed by atoms with Crippen LogP contribution in [0.4, 0.5) is 5.82 Å². The maximum Gasteiger partial charge on any atom is 0.348 e. The van der Waals surface area contributed by atoms with E-state index in [4.69, 9.17) is 9.26 Å². The smallest absolute Gasteiger partial charge is 0.348 e. The van der Waals surface area contributed by atoms with Gasteiger partial charge in [0, 0.05) is 36.8 Å². The van der Waals surface area contributed by atoms with E-state index >= 15 is 0 Å². The van der Waals surface area contributed by atoms with E-state index in [9.17, 15) is 14.7 Å². The molecule has 6 rings (SSSR count). The predicted octanol–water partition coefficient (Wildman–Crippen LogP) is 0.329. The third kappa shape index (κ3) is 5.13. The highest BCUT2D eigenvalue weighted by atomic mass is 79.9. The number of aryl methyl sites for hydroxylation is 1. The number of aliphatic hydroxyl groups is 1. The number of halogens is 1. The lowest BCUT2D eigenvalue weighted by molar-refractivity contribution is -0.939. The van der Waals surface area contributed by atoms with Crippen LogP contribution >= 0.6 is 11.3 Å². The van der Waals surface area contributed by atoms with Crippen LogP contribution in [-0.2, 0) is 26.3 Å². The molecule has 1 aromatic carbocycles. The summed E-state index contributed by atoms with van der Waals surface area (Å²) in [5, 5.41) is 22.0. The highest BCUT2D eigenvalue weighted by Crippen LogP contribution is 2.38. The number of carbonyl (C=O) groups is 2. The SMILES string of the molecule is CCc1cc(NC(=O)C[N+]23CCC(CC2)C(OC(=O)[C@@](O)(c2ccccc2)c2ccsc2)C3)no1.[Br-]. The van der Waals surface area contributed by atoms with Crippen LogP contribution in [0.1, 0.15) is 36.7 Å². The van der Waals surface area contributed by atoms with Gasteiger partial charge in [-0.2, -0.15) is 11.3 Å². The monoisotopic (exact) mass is 575 g/mol. The van der Waals surface area contributed by atoms with Gasteiger partial charge in [0.05, 0.1) is 13.1 Å². The quantitative estimate of drug-likeness (QED) is 0.296. The number of quaternary nitrogens is 1. The number of thiophene rings is 1. The molecule has 0 saturated carbocycles. The van der Waals surface area contributed by atoms with Gasteiger partial charge >= 0.3 is 5.97 Å². The maximum absolute atomic E-state index is 13.5. The lowest BCUT2D eigenvalue weighted by atomic mass is 9.82. The van der Waals surface area contributed by atoms with E-state index in [0.29, 0.717) is 34.4 Å². The molecular formula is C26H30BrN3O5S. The summed E-state index contributed by atoms with van der Waals surface area (Å²) in [6.45, 7) is 4.51. The Balaban J connectivity index is 0.00000304. The van der Waals surface area contributed by atoms with Gasteiger partial charge in [0.15, 0.2) is 18.5 Å². The van der Waals surface area contributed by atoms with Crippen LogP contribution in [0.15, 0.2) is 57.7 Å². The molecule has 0 spiro atoms. The Morgan fingerprint density at radius 1 is 1.22 bits per heavy atom. The van der Waals surface area contributed by atoms with Crippen molar-refractivity contribution in [1.82, 2.24) is 5.16 Å². The van der Waals surface area contributed by atoms with Gasteiger partial charge in [0.2, 0.25) is 5.60 Å². The van der Waals surface area contributed by atoms with Crippen molar-refractivity contribution in [3.05, 3.63) is 70.1 Å². The van der Waals surface area contributed by atoms with Gasteiger partial charge in [0.1, 0.15) is 12.3 Å². The third-order valence-electron chi connectivity index (χ3n) is 7.38. The molecular weight excluding hydrogens is 546 g/mol. The first kappa shape index (κ1) is 26.5. The van der Waals surface area contributed by atoms with Gasteiger partial charge < -0.3 is 41.1 Å². The van der Waals surface area contributed by atoms with E-state index in [1.54, 1.807) is 41.8 Å². The fourth-order valence-corrected chi connectivity index (χ4v) is 6.08. The van der Waals surface area contributed by atoms with Gasteiger partial charge in [-0.3, -0.25) is 4.79 Å². The minimum Gasteiger partial charge on any atom is -1.00 e. The Bertz CT molecular complexity index is 1180. The Morgan fingerprint density at radius 3 is 2.61 bits per heavy atom. The van der Waals surface area contributed by atoms with Crippen LogP contribution in [0, 0.1) is 5.92 Å². The molecule has 10 heteroatoms. The summed E-state index contributed by atoms with van der Waals surface area (Å²) in [5.41, 5.74) is -0.895. The van der Waals surface area contributed by atoms with E-state index in [0.717, 1.165) is 31.7 Å². The minimum atomic E-state index is -1.88. The first-order valence-electron chi connectivity index (χ1n) is 12.0. The van der Waals surface area contributed by atoms with E-state index < -0.39 is 11.6 Å². The molecule has 2 N–H and O–H groups in total. The van der Waals surface area contributed by atoms with Crippen LogP contribution in [0.5, 0.6) is 0 Å². The zero-order chi connectivity index (χ0) is 24.5. The molecule has 2 atom stereocenters. The molecule has 3 fully saturated rings. The zero-order valence-electron chi connectivity index (χ0n) is 20.1. The summed E-state index contributed by atoms with van der Waals surface area (Å²) < 4.78 is 11.8. The van der Waals surface area contributed by atoms with Gasteiger partial charge in [-0.25, -0.2) is 4.79 Å². The van der Waals surface area contributed by atoms with Crippen molar-refractivity contribution < 1.29 is 45.4 Å². The zero-order valence-corrected chi connectivity index (χ0v) is 22.5. The van der Waals surface area contributed by atoms with Crippen LogP contribution in [-0.4, -0.2) is 58.9 Å². The average molecular weight is 577 g/mol. The van der Waals surface area contributed by atoms with Gasteiger partial charge in [-0.1, -0.05) is 42.4 Å². The summed E-state index contributed by atoms with van der Waals surface area (Å²) in [7, 11) is 0. The number of piperidine rings is 3. The fourth-order valence-electron chi connectivity index (χ4n) is 5.38. The number of rotatable bonds is 8. The number of amides is 1. The highest BCUT2D eigenvalue weighted by Gasteiger charge is 2.51. The second-order valence-electron chi connectivity index (χ2n) is 9.58. The highest BCUT2D eigenvalue weighted by molar-refractivity contribution is 7.08. The molecule has 5 heterocycles. The van der Waals surface area contributed by atoms with E-state index in [2.05, 4.69) is 10.5 Å². The summed E-state index contributed by atoms with van der Waals surface area (Å²) >= 11 is 1.42. The minimum absolute atomic E-state index is 0. The van der Waals surface area contributed by atoms with Gasteiger partial charge in [0.25, 0.3) is 5.91 Å². The third-order valence-corrected chi connectivity index (χ3v) is 8.06. The van der Waals surface area contributed by atoms with Crippen molar-refractivity contribution in [3.63, 3.8) is 0 Å². The Kier molecular flexibility index (Phi) is 7.99. The van der Waals surface area contributed by atoms with Crippen molar-refractivity contribution >= 4 is 29.0 Å². The number of hydrogen-bond donors (Lipinski definition) is 2. The lowest BCUT2D eigenvalue weighted by Gasteiger charge is -2.51. The van der Waals surface area contributed by atoms with Crippen molar-refractivity contribution in [2.24, 2.45) is 5.92 Å². The number of hydrogen-bond acceptors (Lipinski definition) is 7. The molecule has 2 aromatic heterocycles. The van der Waals surface area contributed by atoms with Crippen LogP contribution in [0.2, 0.25) is 0 Å². The summed E-state index contributed by atoms with van der Waals surface area (Å²) in [6.07, 6.45) is 2.10. The molecule has 0 aliphatic carbocycles. The number of carbonyl (C=O) groups excluding carboxylic acids is 2. The van der Waals surface area contributed by atoms with Crippen molar-refractivity contribution in [2.75, 3.05) is 31.5 Å². The van der Waals surface area contributed by atoms with Crippen LogP contribution in [0.25, 0.3) is 0 Å². The molecule has 3 saturated heterocycles. The first-order chi connectivity index (χ1) is 16.9. The van der Waals surface area contributed by atoms with Crippen LogP contribution < -0.4 is 22.3 Å². The second kappa shape index (κ2) is 10.8. The lowest BCUT2D eigenvalue weighted by Crippen LogP contribution is -3.00. The molecule has 2 bridgehead atoms. The molecule has 192 valence electrons. The van der Waals surface area contributed by atoms with Crippen molar-refractivity contribution in [2.45, 2.75) is 37.9 Å². The molecule has 3 aromatic rings. The summed E-state index contributed by atoms with van der Waals surface area (Å²) in [5.74, 6) is 0.564. The Hall–Kier alpha value is -2.53. The number of nitrogens with one attached hydrogen (secondary N) is 1. The Labute approximate surface area is 224 Å². The summed E-state index contributed by atoms with van der Waals surface area (Å²) in [4.78, 5) is 26.4. The van der Waals surface area contributed by atoms with Crippen LogP contribution in [0.3, 0.4) is 0 Å². The number of benzene rings is 1. The van der Waals surface area contributed by atoms with E-state index in [-0.39, 0.29) is 41.5 Å². The largest absolute Gasteiger partial charge is 1.00 e. The van der Waals surface area contributed by atoms with Gasteiger partial charge in [-0.05, 0) is 22.4 Å². The predicted molar refractivity (Wildman–Crippen MR) is 131 cm³/mol. The van der Waals surface area contributed by atoms with E-state index in [1.807, 2.05) is 18.4 Å². The molecule has 1 amide bonds. The number of fused-ring (bicyclic) bond motifs is 3. The van der Waals surface area contributed by atoms with Crippen molar-refractivity contribution in [1.29, 1.82) is 0 Å². The molecule has 8 nitrogen and oxygen atoms in total. The van der Waals surface area contributed by atoms with Crippen molar-refractivity contribution in [3.8, 4) is 0 Å². The second-order valence-corrected chi connectivity index (χ2v) is 10.4. The summed E-state index contributed by atoms with van der Waals surface area (Å²) in [6, 6.07) is 12.4. The number of anilines is 1. The normalized spacial score (nSPS) is 24.4. The topological polar surface area (TPSA) is 102 Å². The maximum atomic E-state index is 13.5. The molecule has 0 radical (unpaired) electrons. The van der Waals surface area contributed by atoms with Gasteiger partial charge in [-0.15, -0.1) is 0 Å². The molecule has 36 heavy (non-hydrogen) atoms. The molecule has 1 unspecified atom stereocenters. The fraction of sp³-hybridized carbons (Fsp3) is 0.423. The first-order valence-corrected chi connectivity index (χ1v) is 13.0. The average Bonchev–Trinajstić information content (AvgIpc) is 3.57. The number of aromatic nitrogens is 1. The number of nitrogens with zero attached hydrogens (tertiary/aromatic N) is 2. The Morgan fingerprint density at radius 2 is 1.97 bits per heavy atom. The number of esters is 1. The standard InChI is InChI=1S/C26H29N3O5S.BrH/c1-2-21-14-23(28-34-21)27-24(30)16-29-11-8-18(9-12-29)22(15-29)33-25(31)26(32,20-10-13-35-17-20)19-6-4-3-5-7-19;/h3-7,10,13-14,17-18,22,32H,2,8-9,11-12,15-16H2,1H3;1H/t18?,22?,26-,29?;/m1./s1. The molecule has 3 aliphatic heterocycles. The van der Waals surface area contributed by atoms with E-state index in [1.165, 1.54) is 11.3 Å².